The first-order chi connectivity index (χ1) is 11.6. The maximum absolute atomic E-state index is 12.7. The van der Waals surface area contributed by atoms with E-state index in [-0.39, 0.29) is 16.5 Å². The van der Waals surface area contributed by atoms with E-state index in [9.17, 15) is 22.8 Å². The number of benzene rings is 1. The number of alkyl halides is 3. The molecule has 1 aromatic carbocycles. The van der Waals surface area contributed by atoms with E-state index in [2.05, 4.69) is 0 Å². The summed E-state index contributed by atoms with van der Waals surface area (Å²) in [6.45, 7) is 1.69. The molecule has 1 saturated heterocycles. The number of hydrogen-bond donors (Lipinski definition) is 0. The highest BCUT2D eigenvalue weighted by molar-refractivity contribution is 6.33. The van der Waals surface area contributed by atoms with Crippen LogP contribution in [0.1, 0.15) is 15.9 Å². The number of hydrogen-bond acceptors (Lipinski definition) is 3. The van der Waals surface area contributed by atoms with Crippen LogP contribution >= 0.6 is 11.6 Å². The monoisotopic (exact) mass is 377 g/mol. The maximum atomic E-state index is 12.7. The summed E-state index contributed by atoms with van der Waals surface area (Å²) < 4.78 is 38.0. The molecule has 5 nitrogen and oxygen atoms in total. The zero-order valence-corrected chi connectivity index (χ0v) is 14.7. The van der Waals surface area contributed by atoms with Crippen LogP contribution in [0.3, 0.4) is 0 Å². The Morgan fingerprint density at radius 2 is 1.68 bits per heavy atom. The van der Waals surface area contributed by atoms with Gasteiger partial charge in [-0.25, -0.2) is 0 Å². The Labute approximate surface area is 148 Å². The van der Waals surface area contributed by atoms with Gasteiger partial charge < -0.3 is 14.7 Å². The smallest absolute Gasteiger partial charge is 0.338 e. The Hall–Kier alpha value is -1.80. The zero-order chi connectivity index (χ0) is 18.8. The summed E-state index contributed by atoms with van der Waals surface area (Å²) in [4.78, 5) is 29.4. The van der Waals surface area contributed by atoms with Crippen LogP contribution in [0.5, 0.6) is 0 Å². The van der Waals surface area contributed by atoms with Gasteiger partial charge in [0.1, 0.15) is 0 Å². The molecule has 1 aromatic rings. The summed E-state index contributed by atoms with van der Waals surface area (Å²) in [5.74, 6) is -0.455. The Bertz CT molecular complexity index is 657. The number of halogens is 4. The van der Waals surface area contributed by atoms with Crippen LogP contribution in [0.15, 0.2) is 18.2 Å². The fourth-order valence-electron chi connectivity index (χ4n) is 2.56. The van der Waals surface area contributed by atoms with E-state index in [4.69, 9.17) is 11.6 Å². The molecule has 1 heterocycles. The molecule has 1 aliphatic rings. The Kier molecular flexibility index (Phi) is 5.95. The molecule has 138 valence electrons. The largest absolute Gasteiger partial charge is 0.416 e. The van der Waals surface area contributed by atoms with Crippen LogP contribution in [0.4, 0.5) is 13.2 Å². The number of nitrogens with zero attached hydrogens (tertiary/aromatic N) is 3. The third-order valence-corrected chi connectivity index (χ3v) is 4.21. The highest BCUT2D eigenvalue weighted by atomic mass is 35.5. The summed E-state index contributed by atoms with van der Waals surface area (Å²) in [7, 11) is 3.59. The number of carbonyl (C=O) groups is 2. The van der Waals surface area contributed by atoms with E-state index in [1.54, 1.807) is 23.9 Å². The Balaban J connectivity index is 2.02. The number of likely N-dealkylation sites (N-methyl/N-ethyl adjacent to an activating group) is 1. The molecule has 0 aliphatic carbocycles. The van der Waals surface area contributed by atoms with E-state index >= 15 is 0 Å². The predicted molar refractivity (Wildman–Crippen MR) is 87.5 cm³/mol. The fourth-order valence-corrected chi connectivity index (χ4v) is 2.83. The van der Waals surface area contributed by atoms with Crippen molar-refractivity contribution in [1.29, 1.82) is 0 Å². The van der Waals surface area contributed by atoms with Gasteiger partial charge in [0.15, 0.2) is 0 Å². The minimum atomic E-state index is -4.51. The molecule has 1 aliphatic heterocycles. The lowest BCUT2D eigenvalue weighted by atomic mass is 10.1. The van der Waals surface area contributed by atoms with Gasteiger partial charge in [-0.05, 0) is 32.3 Å². The lowest BCUT2D eigenvalue weighted by Crippen LogP contribution is -2.52. The fraction of sp³-hybridized carbons (Fsp3) is 0.500. The van der Waals surface area contributed by atoms with E-state index < -0.39 is 17.6 Å². The molecular weight excluding hydrogens is 359 g/mol. The molecular formula is C16H19ClF3N3O2. The molecule has 0 atom stereocenters. The SMILES string of the molecule is CN(C)CC(=O)N1CCN(C(=O)c2ccc(C(F)(F)F)cc2Cl)CC1. The van der Waals surface area contributed by atoms with E-state index in [1.165, 1.54) is 4.90 Å². The molecule has 0 N–H and O–H groups in total. The summed E-state index contributed by atoms with van der Waals surface area (Å²) in [6.07, 6.45) is -4.51. The van der Waals surface area contributed by atoms with Crippen LogP contribution < -0.4 is 0 Å². The van der Waals surface area contributed by atoms with Crippen molar-refractivity contribution in [3.8, 4) is 0 Å². The number of rotatable bonds is 3. The second kappa shape index (κ2) is 7.61. The van der Waals surface area contributed by atoms with Crippen molar-refractivity contribution in [3.05, 3.63) is 34.3 Å². The molecule has 0 spiro atoms. The average Bonchev–Trinajstić information content (AvgIpc) is 2.53. The van der Waals surface area contributed by atoms with Gasteiger partial charge in [0.05, 0.1) is 22.7 Å². The van der Waals surface area contributed by atoms with Gasteiger partial charge in [0, 0.05) is 26.2 Å². The maximum Gasteiger partial charge on any atom is 0.416 e. The minimum absolute atomic E-state index is 0.0235. The average molecular weight is 378 g/mol. The third kappa shape index (κ3) is 4.85. The molecule has 2 rings (SSSR count). The van der Waals surface area contributed by atoms with Crippen molar-refractivity contribution in [2.75, 3.05) is 46.8 Å². The first-order valence-electron chi connectivity index (χ1n) is 7.68. The topological polar surface area (TPSA) is 43.9 Å². The summed E-state index contributed by atoms with van der Waals surface area (Å²) in [6, 6.07) is 2.69. The van der Waals surface area contributed by atoms with Crippen molar-refractivity contribution < 1.29 is 22.8 Å². The van der Waals surface area contributed by atoms with Gasteiger partial charge >= 0.3 is 6.18 Å². The van der Waals surface area contributed by atoms with Gasteiger partial charge in [-0.2, -0.15) is 13.2 Å². The summed E-state index contributed by atoms with van der Waals surface area (Å²) in [5, 5.41) is -0.231. The molecule has 0 bridgehead atoms. The second-order valence-corrected chi connectivity index (χ2v) is 6.51. The van der Waals surface area contributed by atoms with Crippen LogP contribution in [-0.2, 0) is 11.0 Å². The molecule has 9 heteroatoms. The van der Waals surface area contributed by atoms with Gasteiger partial charge in [0.2, 0.25) is 5.91 Å². The highest BCUT2D eigenvalue weighted by Crippen LogP contribution is 2.32. The lowest BCUT2D eigenvalue weighted by Gasteiger charge is -2.35. The van der Waals surface area contributed by atoms with Gasteiger partial charge in [0.25, 0.3) is 5.91 Å². The first kappa shape index (κ1) is 19.5. The van der Waals surface area contributed by atoms with Crippen molar-refractivity contribution >= 4 is 23.4 Å². The van der Waals surface area contributed by atoms with E-state index in [1.807, 2.05) is 0 Å². The van der Waals surface area contributed by atoms with Gasteiger partial charge in [-0.15, -0.1) is 0 Å². The molecule has 0 unspecified atom stereocenters. The Morgan fingerprint density at radius 1 is 1.12 bits per heavy atom. The van der Waals surface area contributed by atoms with Gasteiger partial charge in [-0.1, -0.05) is 11.6 Å². The standard InChI is InChI=1S/C16H19ClF3N3O2/c1-21(2)10-14(24)22-5-7-23(8-6-22)15(25)12-4-3-11(9-13(12)17)16(18,19)20/h3-4,9H,5-8,10H2,1-2H3. The molecule has 0 aromatic heterocycles. The second-order valence-electron chi connectivity index (χ2n) is 6.10. The molecule has 25 heavy (non-hydrogen) atoms. The van der Waals surface area contributed by atoms with E-state index in [0.29, 0.717) is 32.7 Å². The van der Waals surface area contributed by atoms with Crippen molar-refractivity contribution in [2.45, 2.75) is 6.18 Å². The van der Waals surface area contributed by atoms with E-state index in [0.717, 1.165) is 18.2 Å². The molecule has 0 saturated carbocycles. The number of piperazine rings is 1. The van der Waals surface area contributed by atoms with Gasteiger partial charge in [-0.3, -0.25) is 9.59 Å². The minimum Gasteiger partial charge on any atom is -0.338 e. The van der Waals surface area contributed by atoms with Crippen molar-refractivity contribution in [3.63, 3.8) is 0 Å². The quantitative estimate of drug-likeness (QED) is 0.811. The van der Waals surface area contributed by atoms with Crippen molar-refractivity contribution in [1.82, 2.24) is 14.7 Å². The third-order valence-electron chi connectivity index (χ3n) is 3.90. The molecule has 2 amide bonds. The van der Waals surface area contributed by atoms with Crippen LogP contribution in [-0.4, -0.2) is 73.3 Å². The van der Waals surface area contributed by atoms with Crippen molar-refractivity contribution in [2.24, 2.45) is 0 Å². The summed E-state index contributed by atoms with van der Waals surface area (Å²) in [5.41, 5.74) is -0.865. The van der Waals surface area contributed by atoms with Crippen LogP contribution in [0.25, 0.3) is 0 Å². The first-order valence-corrected chi connectivity index (χ1v) is 8.06. The normalized spacial score (nSPS) is 15.6. The highest BCUT2D eigenvalue weighted by Gasteiger charge is 2.32. The number of carbonyl (C=O) groups excluding carboxylic acids is 2. The molecule has 0 radical (unpaired) electrons. The lowest BCUT2D eigenvalue weighted by molar-refractivity contribution is -0.137. The Morgan fingerprint density at radius 3 is 2.16 bits per heavy atom. The zero-order valence-electron chi connectivity index (χ0n) is 13.9. The number of amides is 2. The molecule has 1 fully saturated rings. The predicted octanol–water partition coefficient (Wildman–Crippen LogP) is 2.20. The van der Waals surface area contributed by atoms with Crippen LogP contribution in [0, 0.1) is 0 Å². The van der Waals surface area contributed by atoms with Crippen LogP contribution in [0.2, 0.25) is 5.02 Å². The summed E-state index contributed by atoms with van der Waals surface area (Å²) >= 11 is 5.87.